The van der Waals surface area contributed by atoms with E-state index in [1.165, 1.54) is 23.1 Å². The van der Waals surface area contributed by atoms with Gasteiger partial charge in [-0.15, -0.1) is 28.1 Å². The lowest BCUT2D eigenvalue weighted by Gasteiger charge is -2.15. The summed E-state index contributed by atoms with van der Waals surface area (Å²) in [6.45, 7) is 8.24. The third-order valence-electron chi connectivity index (χ3n) is 4.31. The maximum Gasteiger partial charge on any atom is 0.311 e. The smallest absolute Gasteiger partial charge is 0.311 e. The number of aromatic nitrogens is 4. The molecule has 1 unspecified atom stereocenters. The average molecular weight is 567 g/mol. The molecular formula is C22H24BrN5O4S2. The van der Waals surface area contributed by atoms with E-state index in [1.54, 1.807) is 18.4 Å². The molecule has 3 rings (SSSR count). The van der Waals surface area contributed by atoms with Crippen LogP contribution >= 0.6 is 39.0 Å². The van der Waals surface area contributed by atoms with E-state index in [9.17, 15) is 9.59 Å². The van der Waals surface area contributed by atoms with Gasteiger partial charge in [0.25, 0.3) is 0 Å². The Bertz CT molecular complexity index is 1130. The molecular weight excluding hydrogens is 542 g/mol. The topological polar surface area (TPSA) is 108 Å². The van der Waals surface area contributed by atoms with Gasteiger partial charge in [-0.3, -0.25) is 14.2 Å². The molecule has 1 N–H and O–H groups in total. The Kier molecular flexibility index (Phi) is 9.66. The van der Waals surface area contributed by atoms with Gasteiger partial charge in [0.15, 0.2) is 22.2 Å². The number of carbonyl (C=O) groups is 2. The van der Waals surface area contributed by atoms with Crippen molar-refractivity contribution < 1.29 is 19.1 Å². The number of nitrogens with one attached hydrogen (secondary N) is 1. The van der Waals surface area contributed by atoms with Crippen LogP contribution in [0.25, 0.3) is 0 Å². The number of anilines is 1. The first-order valence-electron chi connectivity index (χ1n) is 10.4. The molecule has 0 aliphatic heterocycles. The van der Waals surface area contributed by atoms with Crippen molar-refractivity contribution >= 4 is 56.0 Å². The van der Waals surface area contributed by atoms with Gasteiger partial charge in [0.1, 0.15) is 5.75 Å². The molecule has 12 heteroatoms. The van der Waals surface area contributed by atoms with Crippen molar-refractivity contribution in [3.8, 4) is 5.75 Å². The molecule has 2 aromatic heterocycles. The first kappa shape index (κ1) is 25.9. The number of carbonyl (C=O) groups excluding carboxylic acids is 2. The number of esters is 1. The molecule has 3 aromatic rings. The van der Waals surface area contributed by atoms with Crippen molar-refractivity contribution in [2.45, 2.75) is 38.1 Å². The van der Waals surface area contributed by atoms with Gasteiger partial charge in [0, 0.05) is 16.4 Å². The van der Waals surface area contributed by atoms with Gasteiger partial charge in [0.2, 0.25) is 5.91 Å². The van der Waals surface area contributed by atoms with Crippen LogP contribution in [0.15, 0.2) is 51.9 Å². The summed E-state index contributed by atoms with van der Waals surface area (Å²) in [5, 5.41) is 14.0. The van der Waals surface area contributed by atoms with Gasteiger partial charge in [-0.05, 0) is 38.1 Å². The number of benzene rings is 1. The molecule has 0 saturated heterocycles. The lowest BCUT2D eigenvalue weighted by Crippen LogP contribution is -2.15. The minimum Gasteiger partial charge on any atom is -0.483 e. The molecule has 34 heavy (non-hydrogen) atoms. The maximum atomic E-state index is 12.4. The van der Waals surface area contributed by atoms with Crippen LogP contribution in [-0.2, 0) is 27.3 Å². The maximum absolute atomic E-state index is 12.4. The van der Waals surface area contributed by atoms with Crippen LogP contribution in [0.5, 0.6) is 5.75 Å². The average Bonchev–Trinajstić information content (AvgIpc) is 3.41. The number of thiazole rings is 1. The summed E-state index contributed by atoms with van der Waals surface area (Å²) in [4.78, 5) is 28.3. The van der Waals surface area contributed by atoms with Crippen molar-refractivity contribution in [3.05, 3.63) is 58.3 Å². The third-order valence-corrected chi connectivity index (χ3v) is 6.61. The normalized spacial score (nSPS) is 11.6. The Balaban J connectivity index is 1.59. The second-order valence-corrected chi connectivity index (χ2v) is 9.63. The molecule has 0 spiro atoms. The van der Waals surface area contributed by atoms with Crippen molar-refractivity contribution in [2.75, 3.05) is 17.7 Å². The minimum atomic E-state index is -0.357. The van der Waals surface area contributed by atoms with Crippen molar-refractivity contribution in [1.29, 1.82) is 0 Å². The van der Waals surface area contributed by atoms with Gasteiger partial charge < -0.3 is 14.8 Å². The Hall–Kier alpha value is -2.70. The summed E-state index contributed by atoms with van der Waals surface area (Å²) in [6.07, 6.45) is 1.46. The predicted molar refractivity (Wildman–Crippen MR) is 135 cm³/mol. The molecule has 0 radical (unpaired) electrons. The quantitative estimate of drug-likeness (QED) is 0.192. The Morgan fingerprint density at radius 1 is 1.32 bits per heavy atom. The number of halogens is 1. The summed E-state index contributed by atoms with van der Waals surface area (Å²) in [5.41, 5.74) is 0.557. The van der Waals surface area contributed by atoms with E-state index in [0.29, 0.717) is 40.7 Å². The van der Waals surface area contributed by atoms with Crippen molar-refractivity contribution in [3.63, 3.8) is 0 Å². The molecule has 0 aliphatic carbocycles. The zero-order valence-electron chi connectivity index (χ0n) is 18.7. The number of ether oxygens (including phenoxy) is 2. The molecule has 180 valence electrons. The fraction of sp³-hybridized carbons (Fsp3) is 0.318. The highest BCUT2D eigenvalue weighted by atomic mass is 79.9. The van der Waals surface area contributed by atoms with Crippen LogP contribution in [0.1, 0.15) is 31.5 Å². The molecule has 0 aliphatic rings. The largest absolute Gasteiger partial charge is 0.483 e. The first-order chi connectivity index (χ1) is 16.4. The number of hydrogen-bond donors (Lipinski definition) is 1. The van der Waals surface area contributed by atoms with Crippen LogP contribution in [-0.4, -0.2) is 44.0 Å². The second kappa shape index (κ2) is 12.7. The van der Waals surface area contributed by atoms with E-state index in [0.717, 1.165) is 4.47 Å². The predicted octanol–water partition coefficient (Wildman–Crippen LogP) is 4.66. The molecule has 0 saturated carbocycles. The van der Waals surface area contributed by atoms with Gasteiger partial charge in [-0.1, -0.05) is 33.8 Å². The van der Waals surface area contributed by atoms with Crippen molar-refractivity contribution in [1.82, 2.24) is 19.7 Å². The highest BCUT2D eigenvalue weighted by Crippen LogP contribution is 2.26. The van der Waals surface area contributed by atoms with Gasteiger partial charge in [0.05, 0.1) is 24.5 Å². The standard InChI is InChI=1S/C22H24BrN5O4S2/c1-4-10-28-20(14(3)32-17-8-6-15(23)7-9-17)26-27-22(28)34-13-18(29)25-21-24-16(12-33-21)11-19(30)31-5-2/h4,6-9,12,14H,1,5,10-11,13H2,2-3H3,(H,24,25,29). The van der Waals surface area contributed by atoms with Crippen LogP contribution in [0.3, 0.4) is 0 Å². The monoisotopic (exact) mass is 565 g/mol. The zero-order chi connectivity index (χ0) is 24.5. The molecule has 1 atom stereocenters. The SMILES string of the molecule is C=CCn1c(SCC(=O)Nc2nc(CC(=O)OCC)cs2)nnc1C(C)Oc1ccc(Br)cc1. The molecule has 0 bridgehead atoms. The number of thioether (sulfide) groups is 1. The van der Waals surface area contributed by atoms with Gasteiger partial charge >= 0.3 is 5.97 Å². The van der Waals surface area contributed by atoms with Crippen LogP contribution < -0.4 is 10.1 Å². The first-order valence-corrected chi connectivity index (χ1v) is 13.0. The second-order valence-electron chi connectivity index (χ2n) is 6.92. The Morgan fingerprint density at radius 2 is 2.09 bits per heavy atom. The summed E-state index contributed by atoms with van der Waals surface area (Å²) >= 11 is 5.92. The molecule has 2 heterocycles. The van der Waals surface area contributed by atoms with Gasteiger partial charge in [-0.2, -0.15) is 0 Å². The molecule has 1 aromatic carbocycles. The van der Waals surface area contributed by atoms with Crippen LogP contribution in [0.2, 0.25) is 0 Å². The summed E-state index contributed by atoms with van der Waals surface area (Å²) in [6, 6.07) is 7.54. The number of rotatable bonds is 12. The van der Waals surface area contributed by atoms with E-state index in [2.05, 4.69) is 43.0 Å². The number of allylic oxidation sites excluding steroid dienone is 1. The van der Waals surface area contributed by atoms with Gasteiger partial charge in [-0.25, -0.2) is 4.98 Å². The number of hydrogen-bond acceptors (Lipinski definition) is 9. The minimum absolute atomic E-state index is 0.0723. The van der Waals surface area contributed by atoms with Crippen molar-refractivity contribution in [2.24, 2.45) is 0 Å². The van der Waals surface area contributed by atoms with E-state index in [1.807, 2.05) is 35.8 Å². The highest BCUT2D eigenvalue weighted by Gasteiger charge is 2.20. The summed E-state index contributed by atoms with van der Waals surface area (Å²) in [7, 11) is 0. The lowest BCUT2D eigenvalue weighted by atomic mass is 10.3. The molecule has 0 fully saturated rings. The third kappa shape index (κ3) is 7.40. The van der Waals surface area contributed by atoms with Crippen LogP contribution in [0.4, 0.5) is 5.13 Å². The fourth-order valence-electron chi connectivity index (χ4n) is 2.87. The van der Waals surface area contributed by atoms with Crippen LogP contribution in [0, 0.1) is 0 Å². The summed E-state index contributed by atoms with van der Waals surface area (Å²) < 4.78 is 13.7. The van der Waals surface area contributed by atoms with E-state index >= 15 is 0 Å². The van der Waals surface area contributed by atoms with E-state index in [4.69, 9.17) is 9.47 Å². The summed E-state index contributed by atoms with van der Waals surface area (Å²) in [5.74, 6) is 0.870. The lowest BCUT2D eigenvalue weighted by molar-refractivity contribution is -0.142. The molecule has 1 amide bonds. The number of amides is 1. The zero-order valence-corrected chi connectivity index (χ0v) is 21.9. The fourth-order valence-corrected chi connectivity index (χ4v) is 4.61. The number of nitrogens with zero attached hydrogens (tertiary/aromatic N) is 4. The molecule has 9 nitrogen and oxygen atoms in total. The Labute approximate surface area is 214 Å². The van der Waals surface area contributed by atoms with E-state index < -0.39 is 0 Å². The highest BCUT2D eigenvalue weighted by molar-refractivity contribution is 9.10. The Morgan fingerprint density at radius 3 is 2.79 bits per heavy atom. The van der Waals surface area contributed by atoms with E-state index in [-0.39, 0.29) is 30.2 Å².